The van der Waals surface area contributed by atoms with E-state index >= 15 is 0 Å². The van der Waals surface area contributed by atoms with Crippen molar-refractivity contribution in [3.05, 3.63) is 28.3 Å². The van der Waals surface area contributed by atoms with Crippen LogP contribution in [0.1, 0.15) is 25.0 Å². The van der Waals surface area contributed by atoms with Gasteiger partial charge < -0.3 is 10.5 Å². The molecule has 0 spiro atoms. The minimum Gasteiger partial charge on any atom is -0.495 e. The molecule has 1 aromatic rings. The van der Waals surface area contributed by atoms with E-state index in [-0.39, 0.29) is 5.54 Å². The Hall–Kier alpha value is -0.730. The number of hydrogen-bond acceptors (Lipinski definition) is 2. The van der Waals surface area contributed by atoms with E-state index in [1.54, 1.807) is 7.11 Å². The summed E-state index contributed by atoms with van der Waals surface area (Å²) < 4.78 is 5.17. The van der Waals surface area contributed by atoms with E-state index in [4.69, 9.17) is 22.1 Å². The molecule has 0 amide bonds. The molecule has 0 heterocycles. The molecule has 0 aliphatic carbocycles. The minimum atomic E-state index is -0.374. The fourth-order valence-corrected chi connectivity index (χ4v) is 1.71. The van der Waals surface area contributed by atoms with E-state index in [0.29, 0.717) is 5.02 Å². The number of hydrogen-bond donors (Lipinski definition) is 1. The van der Waals surface area contributed by atoms with Crippen LogP contribution in [0.25, 0.3) is 0 Å². The Morgan fingerprint density at radius 2 is 1.93 bits per heavy atom. The van der Waals surface area contributed by atoms with Crippen LogP contribution in [0, 0.1) is 6.92 Å². The number of benzene rings is 1. The number of halogens is 1. The van der Waals surface area contributed by atoms with Gasteiger partial charge in [-0.2, -0.15) is 0 Å². The van der Waals surface area contributed by atoms with Crippen molar-refractivity contribution in [2.45, 2.75) is 26.3 Å². The maximum Gasteiger partial charge on any atom is 0.140 e. The summed E-state index contributed by atoms with van der Waals surface area (Å²) in [5, 5.41) is 0.612. The van der Waals surface area contributed by atoms with Gasteiger partial charge in [0.05, 0.1) is 12.1 Å². The van der Waals surface area contributed by atoms with E-state index < -0.39 is 0 Å². The molecule has 1 rings (SSSR count). The molecule has 0 atom stereocenters. The van der Waals surface area contributed by atoms with E-state index in [1.807, 2.05) is 32.9 Å². The summed E-state index contributed by atoms with van der Waals surface area (Å²) in [6.07, 6.45) is 0. The van der Waals surface area contributed by atoms with Gasteiger partial charge in [0, 0.05) is 5.54 Å². The molecule has 2 N–H and O–H groups in total. The number of ether oxygens (including phenoxy) is 1. The van der Waals surface area contributed by atoms with Gasteiger partial charge in [-0.1, -0.05) is 17.7 Å². The summed E-state index contributed by atoms with van der Waals surface area (Å²) in [4.78, 5) is 0. The van der Waals surface area contributed by atoms with Gasteiger partial charge >= 0.3 is 0 Å². The molecule has 0 fully saturated rings. The molecule has 0 aliphatic heterocycles. The lowest BCUT2D eigenvalue weighted by atomic mass is 9.94. The molecule has 0 saturated heterocycles. The predicted octanol–water partition coefficient (Wildman–Crippen LogP) is 2.85. The summed E-state index contributed by atoms with van der Waals surface area (Å²) >= 11 is 6.06. The van der Waals surface area contributed by atoms with Crippen LogP contribution >= 0.6 is 11.6 Å². The molecule has 0 bridgehead atoms. The maximum absolute atomic E-state index is 6.06. The van der Waals surface area contributed by atoms with Gasteiger partial charge in [0.15, 0.2) is 0 Å². The molecule has 2 nitrogen and oxygen atoms in total. The molecular weight excluding hydrogens is 198 g/mol. The molecule has 14 heavy (non-hydrogen) atoms. The van der Waals surface area contributed by atoms with Gasteiger partial charge in [-0.15, -0.1) is 0 Å². The van der Waals surface area contributed by atoms with Crippen molar-refractivity contribution in [3.63, 3.8) is 0 Å². The molecular formula is C11H16ClNO. The highest BCUT2D eigenvalue weighted by Crippen LogP contribution is 2.32. The molecule has 0 aromatic heterocycles. The number of nitrogens with two attached hydrogens (primary N) is 1. The quantitative estimate of drug-likeness (QED) is 0.820. The third kappa shape index (κ3) is 2.20. The van der Waals surface area contributed by atoms with Crippen molar-refractivity contribution >= 4 is 11.6 Å². The highest BCUT2D eigenvalue weighted by atomic mass is 35.5. The largest absolute Gasteiger partial charge is 0.495 e. The van der Waals surface area contributed by atoms with Gasteiger partial charge in [-0.05, 0) is 38.0 Å². The van der Waals surface area contributed by atoms with Crippen LogP contribution in [0.5, 0.6) is 5.75 Å². The Kier molecular flexibility index (Phi) is 3.07. The van der Waals surface area contributed by atoms with Crippen LogP contribution in [0.2, 0.25) is 5.02 Å². The fourth-order valence-electron chi connectivity index (χ4n) is 1.36. The van der Waals surface area contributed by atoms with Gasteiger partial charge in [0.2, 0.25) is 0 Å². The van der Waals surface area contributed by atoms with Crippen molar-refractivity contribution in [1.29, 1.82) is 0 Å². The third-order valence-corrected chi connectivity index (χ3v) is 2.46. The zero-order valence-corrected chi connectivity index (χ0v) is 9.77. The summed E-state index contributed by atoms with van der Waals surface area (Å²) in [6, 6.07) is 3.86. The van der Waals surface area contributed by atoms with Gasteiger partial charge in [0.25, 0.3) is 0 Å². The highest BCUT2D eigenvalue weighted by Gasteiger charge is 2.17. The Balaban J connectivity index is 3.28. The first-order valence-electron chi connectivity index (χ1n) is 4.49. The smallest absolute Gasteiger partial charge is 0.140 e. The first-order valence-corrected chi connectivity index (χ1v) is 4.87. The van der Waals surface area contributed by atoms with Crippen molar-refractivity contribution in [2.24, 2.45) is 5.73 Å². The number of methoxy groups -OCH3 is 1. The maximum atomic E-state index is 6.06. The molecule has 0 aliphatic rings. The average Bonchev–Trinajstić information content (AvgIpc) is 2.01. The highest BCUT2D eigenvalue weighted by molar-refractivity contribution is 6.32. The molecule has 0 saturated carbocycles. The van der Waals surface area contributed by atoms with Crippen molar-refractivity contribution in [2.75, 3.05) is 7.11 Å². The minimum absolute atomic E-state index is 0.374. The zero-order valence-electron chi connectivity index (χ0n) is 9.02. The second-order valence-corrected chi connectivity index (χ2v) is 4.44. The van der Waals surface area contributed by atoms with Gasteiger partial charge in [0.1, 0.15) is 5.75 Å². The second-order valence-electron chi connectivity index (χ2n) is 4.03. The molecule has 0 unspecified atom stereocenters. The molecule has 78 valence electrons. The number of rotatable bonds is 2. The fraction of sp³-hybridized carbons (Fsp3) is 0.455. The lowest BCUT2D eigenvalue weighted by Crippen LogP contribution is -2.28. The summed E-state index contributed by atoms with van der Waals surface area (Å²) in [7, 11) is 1.61. The predicted molar refractivity (Wildman–Crippen MR) is 60.0 cm³/mol. The van der Waals surface area contributed by atoms with E-state index in [1.165, 1.54) is 0 Å². The topological polar surface area (TPSA) is 35.2 Å². The van der Waals surface area contributed by atoms with E-state index in [0.717, 1.165) is 16.9 Å². The summed E-state index contributed by atoms with van der Waals surface area (Å²) in [5.74, 6) is 0.722. The Morgan fingerprint density at radius 3 is 2.29 bits per heavy atom. The second kappa shape index (κ2) is 3.79. The van der Waals surface area contributed by atoms with Crippen LogP contribution in [0.3, 0.4) is 0 Å². The van der Waals surface area contributed by atoms with Crippen molar-refractivity contribution in [3.8, 4) is 5.75 Å². The van der Waals surface area contributed by atoms with Crippen molar-refractivity contribution < 1.29 is 4.74 Å². The van der Waals surface area contributed by atoms with Crippen molar-refractivity contribution in [1.82, 2.24) is 0 Å². The Morgan fingerprint density at radius 1 is 1.36 bits per heavy atom. The van der Waals surface area contributed by atoms with Gasteiger partial charge in [-0.25, -0.2) is 0 Å². The standard InChI is InChI=1S/C11H16ClNO/c1-7-5-8(11(2,3)13)6-9(12)10(7)14-4/h5-6H,13H2,1-4H3. The molecule has 3 heteroatoms. The monoisotopic (exact) mass is 213 g/mol. The Labute approximate surface area is 90.0 Å². The summed E-state index contributed by atoms with van der Waals surface area (Å²) in [5.41, 5.74) is 7.63. The first-order chi connectivity index (χ1) is 6.36. The van der Waals surface area contributed by atoms with E-state index in [2.05, 4.69) is 0 Å². The van der Waals surface area contributed by atoms with E-state index in [9.17, 15) is 0 Å². The zero-order chi connectivity index (χ0) is 10.9. The van der Waals surface area contributed by atoms with Crippen LogP contribution in [-0.2, 0) is 5.54 Å². The van der Waals surface area contributed by atoms with Gasteiger partial charge in [-0.3, -0.25) is 0 Å². The van der Waals surface area contributed by atoms with Crippen LogP contribution in [0.4, 0.5) is 0 Å². The average molecular weight is 214 g/mol. The normalized spacial score (nSPS) is 11.6. The lowest BCUT2D eigenvalue weighted by Gasteiger charge is -2.21. The molecule has 0 radical (unpaired) electrons. The lowest BCUT2D eigenvalue weighted by molar-refractivity contribution is 0.411. The van der Waals surface area contributed by atoms with Crippen LogP contribution < -0.4 is 10.5 Å². The first kappa shape index (κ1) is 11.3. The third-order valence-electron chi connectivity index (χ3n) is 2.18. The SMILES string of the molecule is COc1c(C)cc(C(C)(C)N)cc1Cl. The number of aryl methyl sites for hydroxylation is 1. The van der Waals surface area contributed by atoms with Crippen LogP contribution in [0.15, 0.2) is 12.1 Å². The van der Waals surface area contributed by atoms with Crippen LogP contribution in [-0.4, -0.2) is 7.11 Å². The summed E-state index contributed by atoms with van der Waals surface area (Å²) in [6.45, 7) is 5.86. The molecule has 1 aromatic carbocycles. The Bertz CT molecular complexity index is 319.